The van der Waals surface area contributed by atoms with E-state index in [9.17, 15) is 13.2 Å². The maximum absolute atomic E-state index is 14.6. The molecule has 2 aliphatic rings. The van der Waals surface area contributed by atoms with Crippen LogP contribution < -0.4 is 4.90 Å². The van der Waals surface area contributed by atoms with Gasteiger partial charge in [-0.1, -0.05) is 0 Å². The number of pyridine rings is 2. The molecule has 1 aliphatic carbocycles. The summed E-state index contributed by atoms with van der Waals surface area (Å²) in [5, 5.41) is 0. The molecular formula is C21H21F3N4O. The number of hydrogen-bond acceptors (Lipinski definition) is 5. The number of anilines is 1. The molecule has 0 aromatic carbocycles. The average molecular weight is 402 g/mol. The van der Waals surface area contributed by atoms with Crippen molar-refractivity contribution < 1.29 is 17.9 Å². The largest absolute Gasteiger partial charge is 0.342 e. The zero-order chi connectivity index (χ0) is 20.4. The lowest BCUT2D eigenvalue weighted by atomic mass is 9.83. The fourth-order valence-electron chi connectivity index (χ4n) is 3.89. The maximum Gasteiger partial charge on any atom is 0.248 e. The van der Waals surface area contributed by atoms with Gasteiger partial charge in [0.05, 0.1) is 11.4 Å². The van der Waals surface area contributed by atoms with Crippen LogP contribution >= 0.6 is 0 Å². The highest BCUT2D eigenvalue weighted by Gasteiger charge is 2.38. The van der Waals surface area contributed by atoms with Crippen molar-refractivity contribution in [3.63, 3.8) is 0 Å². The Balaban J connectivity index is 1.86. The number of nitrogens with zero attached hydrogens (tertiary/aromatic N) is 4. The first-order valence-corrected chi connectivity index (χ1v) is 9.49. The van der Waals surface area contributed by atoms with Crippen molar-refractivity contribution in [2.24, 2.45) is 4.99 Å². The zero-order valence-electron chi connectivity index (χ0n) is 15.9. The van der Waals surface area contributed by atoms with Crippen LogP contribution in [-0.4, -0.2) is 35.6 Å². The van der Waals surface area contributed by atoms with Crippen molar-refractivity contribution in [3.05, 3.63) is 54.4 Å². The number of hydrogen-bond donors (Lipinski definition) is 0. The third-order valence-electron chi connectivity index (χ3n) is 5.32. The summed E-state index contributed by atoms with van der Waals surface area (Å²) in [6.45, 7) is 0. The highest BCUT2D eigenvalue weighted by atomic mass is 19.3. The smallest absolute Gasteiger partial charge is 0.248 e. The third kappa shape index (κ3) is 3.89. The van der Waals surface area contributed by atoms with E-state index in [2.05, 4.69) is 15.0 Å². The minimum absolute atomic E-state index is 0.171. The highest BCUT2D eigenvalue weighted by molar-refractivity contribution is 5.82. The van der Waals surface area contributed by atoms with Crippen LogP contribution in [0.25, 0.3) is 11.3 Å². The predicted molar refractivity (Wildman–Crippen MR) is 104 cm³/mol. The topological polar surface area (TPSA) is 50.6 Å². The maximum atomic E-state index is 14.6. The molecule has 0 saturated heterocycles. The molecule has 1 unspecified atom stereocenters. The number of methoxy groups -OCH3 is 1. The summed E-state index contributed by atoms with van der Waals surface area (Å²) in [6, 6.07) is 4.54. The van der Waals surface area contributed by atoms with Gasteiger partial charge in [0, 0.05) is 56.2 Å². The Hall–Kier alpha value is -2.74. The quantitative estimate of drug-likeness (QED) is 0.729. The van der Waals surface area contributed by atoms with Crippen LogP contribution in [0.5, 0.6) is 0 Å². The van der Waals surface area contributed by atoms with Gasteiger partial charge in [0.1, 0.15) is 11.5 Å². The van der Waals surface area contributed by atoms with E-state index in [0.717, 1.165) is 0 Å². The molecule has 2 aromatic rings. The fourth-order valence-corrected chi connectivity index (χ4v) is 3.89. The van der Waals surface area contributed by atoms with E-state index in [-0.39, 0.29) is 24.5 Å². The molecule has 0 spiro atoms. The van der Waals surface area contributed by atoms with Crippen LogP contribution in [-0.2, 0) is 4.74 Å². The van der Waals surface area contributed by atoms with Crippen molar-refractivity contribution in [3.8, 4) is 11.3 Å². The molecule has 1 aliphatic heterocycles. The van der Waals surface area contributed by atoms with Gasteiger partial charge in [-0.2, -0.15) is 0 Å². The summed E-state index contributed by atoms with van der Waals surface area (Å²) in [7, 11) is 1.52. The highest BCUT2D eigenvalue weighted by Crippen LogP contribution is 2.45. The van der Waals surface area contributed by atoms with Gasteiger partial charge in [0.15, 0.2) is 0 Å². The van der Waals surface area contributed by atoms with E-state index in [1.165, 1.54) is 25.4 Å². The molecule has 1 fully saturated rings. The molecule has 8 heteroatoms. The Kier molecular flexibility index (Phi) is 5.36. The van der Waals surface area contributed by atoms with E-state index >= 15 is 0 Å². The number of aromatic nitrogens is 2. The molecular weight excluding hydrogens is 381 g/mol. The van der Waals surface area contributed by atoms with Crippen LogP contribution in [0.4, 0.5) is 18.9 Å². The summed E-state index contributed by atoms with van der Waals surface area (Å²) in [6.07, 6.45) is 7.77. The Bertz CT molecular complexity index is 937. The van der Waals surface area contributed by atoms with Crippen molar-refractivity contribution in [2.45, 2.75) is 43.9 Å². The summed E-state index contributed by atoms with van der Waals surface area (Å²) in [5.74, 6) is -3.29. The molecule has 4 rings (SSSR count). The van der Waals surface area contributed by atoms with Crippen LogP contribution in [0, 0.1) is 5.82 Å². The summed E-state index contributed by atoms with van der Waals surface area (Å²) in [5.41, 5.74) is 1.91. The monoisotopic (exact) mass is 402 g/mol. The van der Waals surface area contributed by atoms with Crippen molar-refractivity contribution in [1.29, 1.82) is 0 Å². The van der Waals surface area contributed by atoms with E-state index in [1.807, 2.05) is 0 Å². The van der Waals surface area contributed by atoms with Gasteiger partial charge < -0.3 is 9.64 Å². The van der Waals surface area contributed by atoms with Crippen LogP contribution in [0.1, 0.15) is 37.3 Å². The van der Waals surface area contributed by atoms with Gasteiger partial charge >= 0.3 is 0 Å². The second-order valence-electron chi connectivity index (χ2n) is 7.17. The molecule has 0 N–H and O–H groups in total. The molecule has 5 nitrogen and oxygen atoms in total. The standard InChI is InChI=1S/C21H21F3N4O/c1-29-20-27-11-3-13-28(20)19-15(18-16(22)4-2-10-25-18)7-12-26-17(19)14-5-8-21(23,24)9-6-14/h2-4,7,10-14,20H,5-6,8-9H2,1H3. The van der Waals surface area contributed by atoms with Gasteiger partial charge in [-0.3, -0.25) is 9.97 Å². The summed E-state index contributed by atoms with van der Waals surface area (Å²) >= 11 is 0. The first-order chi connectivity index (χ1) is 14.0. The van der Waals surface area contributed by atoms with E-state index < -0.39 is 18.1 Å². The van der Waals surface area contributed by atoms with Crippen LogP contribution in [0.3, 0.4) is 0 Å². The second-order valence-corrected chi connectivity index (χ2v) is 7.17. The van der Waals surface area contributed by atoms with Crippen LogP contribution in [0.15, 0.2) is 47.9 Å². The van der Waals surface area contributed by atoms with Crippen molar-refractivity contribution >= 4 is 11.9 Å². The molecule has 1 saturated carbocycles. The third-order valence-corrected chi connectivity index (χ3v) is 5.32. The predicted octanol–water partition coefficient (Wildman–Crippen LogP) is 4.91. The average Bonchev–Trinajstić information content (AvgIpc) is 2.73. The van der Waals surface area contributed by atoms with E-state index in [4.69, 9.17) is 4.74 Å². The fraction of sp³-hybridized carbons (Fsp3) is 0.381. The first-order valence-electron chi connectivity index (χ1n) is 9.49. The number of alkyl halides is 2. The van der Waals surface area contributed by atoms with Crippen LogP contribution in [0.2, 0.25) is 0 Å². The van der Waals surface area contributed by atoms with Gasteiger partial charge in [-0.25, -0.2) is 18.2 Å². The van der Waals surface area contributed by atoms with Gasteiger partial charge in [-0.05, 0) is 37.1 Å². The van der Waals surface area contributed by atoms with Gasteiger partial charge in [0.25, 0.3) is 0 Å². The van der Waals surface area contributed by atoms with Crippen molar-refractivity contribution in [1.82, 2.24) is 9.97 Å². The van der Waals surface area contributed by atoms with E-state index in [1.54, 1.807) is 35.7 Å². The molecule has 2 aromatic heterocycles. The minimum Gasteiger partial charge on any atom is -0.342 e. The lowest BCUT2D eigenvalue weighted by Crippen LogP contribution is -2.34. The van der Waals surface area contributed by atoms with Gasteiger partial charge in [-0.15, -0.1) is 0 Å². The number of aliphatic imine (C=N–C) groups is 1. The number of rotatable bonds is 4. The minimum atomic E-state index is -2.65. The Labute approximate surface area is 167 Å². The molecule has 29 heavy (non-hydrogen) atoms. The summed E-state index contributed by atoms with van der Waals surface area (Å²) < 4.78 is 47.5. The summed E-state index contributed by atoms with van der Waals surface area (Å²) in [4.78, 5) is 14.8. The Morgan fingerprint density at radius 3 is 2.66 bits per heavy atom. The Morgan fingerprint density at radius 2 is 1.93 bits per heavy atom. The van der Waals surface area contributed by atoms with E-state index in [0.29, 0.717) is 29.8 Å². The lowest BCUT2D eigenvalue weighted by molar-refractivity contribution is -0.0384. The SMILES string of the molecule is COC1N=CC=CN1c1c(-c2ncccc2F)ccnc1C1CCC(F)(F)CC1. The molecule has 1 atom stereocenters. The molecule has 0 amide bonds. The lowest BCUT2D eigenvalue weighted by Gasteiger charge is -2.34. The molecule has 0 radical (unpaired) electrons. The Morgan fingerprint density at radius 1 is 1.14 bits per heavy atom. The number of ether oxygens (including phenoxy) is 1. The number of halogens is 3. The van der Waals surface area contributed by atoms with Crippen molar-refractivity contribution in [2.75, 3.05) is 12.0 Å². The molecule has 3 heterocycles. The first kappa shape index (κ1) is 19.6. The zero-order valence-corrected chi connectivity index (χ0v) is 15.9. The molecule has 152 valence electrons. The van der Waals surface area contributed by atoms with Gasteiger partial charge in [0.2, 0.25) is 12.3 Å². The number of allylic oxidation sites excluding steroid dienone is 1. The normalized spacial score (nSPS) is 21.5. The molecule has 0 bridgehead atoms. The second kappa shape index (κ2) is 7.94.